The van der Waals surface area contributed by atoms with Crippen LogP contribution in [0.2, 0.25) is 23.2 Å². The molecular formula is C23H27ClO2Si. The zero-order valence-corrected chi connectivity index (χ0v) is 17.6. The zero-order chi connectivity index (χ0) is 19.1. The van der Waals surface area contributed by atoms with E-state index in [1.54, 1.807) is 24.3 Å². The first kappa shape index (κ1) is 19.9. The Kier molecular flexibility index (Phi) is 7.31. The van der Waals surface area contributed by atoms with Crippen molar-refractivity contribution < 1.29 is 9.53 Å². The fourth-order valence-corrected chi connectivity index (χ4v) is 7.45. The summed E-state index contributed by atoms with van der Waals surface area (Å²) < 4.78 is 5.40. The Hall–Kier alpha value is -1.84. The Morgan fingerprint density at radius 1 is 1.11 bits per heavy atom. The van der Waals surface area contributed by atoms with E-state index in [4.69, 9.17) is 16.3 Å². The number of benzene rings is 2. The van der Waals surface area contributed by atoms with Crippen LogP contribution in [0.1, 0.15) is 47.5 Å². The summed E-state index contributed by atoms with van der Waals surface area (Å²) in [4.78, 5) is 12.3. The first-order chi connectivity index (χ1) is 13.2. The highest BCUT2D eigenvalue weighted by molar-refractivity contribution is 6.59. The van der Waals surface area contributed by atoms with Gasteiger partial charge in [-0.05, 0) is 67.1 Å². The van der Waals surface area contributed by atoms with Crippen LogP contribution in [0, 0.1) is 0 Å². The molecule has 1 fully saturated rings. The molecule has 0 amide bonds. The normalized spacial score (nSPS) is 19.4. The summed E-state index contributed by atoms with van der Waals surface area (Å²) >= 11 is 5.86. The largest absolute Gasteiger partial charge is 0.423 e. The third-order valence-electron chi connectivity index (χ3n) is 5.51. The minimum absolute atomic E-state index is 0.331. The average molecular weight is 399 g/mol. The molecule has 1 aliphatic heterocycles. The van der Waals surface area contributed by atoms with Crippen LogP contribution in [0.5, 0.6) is 5.75 Å². The molecule has 0 atom stereocenters. The molecule has 1 aliphatic rings. The van der Waals surface area contributed by atoms with Crippen LogP contribution in [-0.4, -0.2) is 14.8 Å². The topological polar surface area (TPSA) is 26.3 Å². The quantitative estimate of drug-likeness (QED) is 0.172. The van der Waals surface area contributed by atoms with E-state index in [-0.39, 0.29) is 5.97 Å². The minimum atomic E-state index is -0.521. The van der Waals surface area contributed by atoms with Gasteiger partial charge in [-0.2, -0.15) is 0 Å². The van der Waals surface area contributed by atoms with Gasteiger partial charge >= 0.3 is 5.97 Å². The van der Waals surface area contributed by atoms with Crippen molar-refractivity contribution in [1.29, 1.82) is 0 Å². The molecule has 0 radical (unpaired) electrons. The van der Waals surface area contributed by atoms with Gasteiger partial charge < -0.3 is 4.74 Å². The number of rotatable bonds is 7. The van der Waals surface area contributed by atoms with Crippen molar-refractivity contribution in [1.82, 2.24) is 0 Å². The summed E-state index contributed by atoms with van der Waals surface area (Å²) in [6, 6.07) is 19.2. The van der Waals surface area contributed by atoms with Crippen molar-refractivity contribution in [2.24, 2.45) is 0 Å². The molecule has 1 saturated heterocycles. The van der Waals surface area contributed by atoms with Crippen LogP contribution in [0.3, 0.4) is 0 Å². The first-order valence-electron chi connectivity index (χ1n) is 9.84. The highest BCUT2D eigenvalue weighted by Crippen LogP contribution is 2.35. The molecule has 0 N–H and O–H groups in total. The average Bonchev–Trinajstić information content (AvgIpc) is 2.70. The molecule has 0 aromatic heterocycles. The standard InChI is InChI=1S/C23H27ClO2Si/c1-2-3-4-15-27-16-13-19(14-17-27)18-5-7-20(8-6-18)23(25)26-22-11-9-21(24)10-12-22/h2,5-12,19,27H,1,3-4,13-17H2. The predicted molar refractivity (Wildman–Crippen MR) is 116 cm³/mol. The lowest BCUT2D eigenvalue weighted by Crippen LogP contribution is -2.20. The molecule has 0 bridgehead atoms. The van der Waals surface area contributed by atoms with Gasteiger partial charge in [0, 0.05) is 13.8 Å². The van der Waals surface area contributed by atoms with E-state index in [0.29, 0.717) is 22.3 Å². The van der Waals surface area contributed by atoms with Crippen molar-refractivity contribution in [3.05, 3.63) is 77.3 Å². The van der Waals surface area contributed by atoms with Crippen molar-refractivity contribution >= 4 is 26.4 Å². The molecule has 2 aromatic rings. The van der Waals surface area contributed by atoms with Crippen LogP contribution in [0.25, 0.3) is 0 Å². The highest BCUT2D eigenvalue weighted by atomic mass is 35.5. The van der Waals surface area contributed by atoms with Gasteiger partial charge in [-0.15, -0.1) is 6.58 Å². The van der Waals surface area contributed by atoms with Gasteiger partial charge in [0.25, 0.3) is 0 Å². The van der Waals surface area contributed by atoms with E-state index in [2.05, 4.69) is 18.7 Å². The zero-order valence-electron chi connectivity index (χ0n) is 15.7. The maximum Gasteiger partial charge on any atom is 0.343 e. The van der Waals surface area contributed by atoms with E-state index in [1.807, 2.05) is 18.2 Å². The molecule has 0 aliphatic carbocycles. The monoisotopic (exact) mass is 398 g/mol. The van der Waals surface area contributed by atoms with E-state index >= 15 is 0 Å². The minimum Gasteiger partial charge on any atom is -0.423 e. The number of allylic oxidation sites excluding steroid dienone is 1. The van der Waals surface area contributed by atoms with Crippen molar-refractivity contribution in [2.75, 3.05) is 0 Å². The molecule has 0 spiro atoms. The SMILES string of the molecule is C=CCCC[SiH]1CCC(c2ccc(C(=O)Oc3ccc(Cl)cc3)cc2)CC1. The Morgan fingerprint density at radius 2 is 1.78 bits per heavy atom. The molecule has 2 nitrogen and oxygen atoms in total. The smallest absolute Gasteiger partial charge is 0.343 e. The molecule has 0 unspecified atom stereocenters. The third-order valence-corrected chi connectivity index (χ3v) is 9.29. The van der Waals surface area contributed by atoms with Crippen LogP contribution < -0.4 is 4.74 Å². The summed E-state index contributed by atoms with van der Waals surface area (Å²) in [6.07, 6.45) is 7.15. The fraction of sp³-hybridized carbons (Fsp3) is 0.348. The maximum atomic E-state index is 12.3. The number of esters is 1. The van der Waals surface area contributed by atoms with Crippen molar-refractivity contribution in [2.45, 2.75) is 49.7 Å². The Balaban J connectivity index is 1.52. The second-order valence-corrected chi connectivity index (χ2v) is 11.3. The van der Waals surface area contributed by atoms with E-state index in [9.17, 15) is 4.79 Å². The number of carbonyl (C=O) groups is 1. The summed E-state index contributed by atoms with van der Waals surface area (Å²) in [6.45, 7) is 3.82. The number of hydrogen-bond donors (Lipinski definition) is 0. The van der Waals surface area contributed by atoms with Gasteiger partial charge in [-0.1, -0.05) is 54.4 Å². The molecule has 2 aromatic carbocycles. The van der Waals surface area contributed by atoms with Crippen LogP contribution >= 0.6 is 11.6 Å². The van der Waals surface area contributed by atoms with E-state index < -0.39 is 8.80 Å². The molecule has 4 heteroatoms. The number of halogens is 1. The number of carbonyl (C=O) groups excluding carboxylic acids is 1. The maximum absolute atomic E-state index is 12.3. The van der Waals surface area contributed by atoms with Gasteiger partial charge in [0.15, 0.2) is 0 Å². The van der Waals surface area contributed by atoms with Crippen LogP contribution in [-0.2, 0) is 0 Å². The molecule has 0 saturated carbocycles. The van der Waals surface area contributed by atoms with Gasteiger partial charge in [0.05, 0.1) is 5.56 Å². The lowest BCUT2D eigenvalue weighted by Gasteiger charge is -2.28. The fourth-order valence-electron chi connectivity index (χ4n) is 3.90. The third kappa shape index (κ3) is 5.82. The molecule has 27 heavy (non-hydrogen) atoms. The van der Waals surface area contributed by atoms with Gasteiger partial charge in [-0.25, -0.2) is 4.79 Å². The summed E-state index contributed by atoms with van der Waals surface area (Å²) in [7, 11) is -0.521. The molecule has 142 valence electrons. The van der Waals surface area contributed by atoms with Crippen LogP contribution in [0.15, 0.2) is 61.2 Å². The Bertz CT molecular complexity index is 747. The lowest BCUT2D eigenvalue weighted by molar-refractivity contribution is 0.0734. The van der Waals surface area contributed by atoms with Crippen LogP contribution in [0.4, 0.5) is 0 Å². The summed E-state index contributed by atoms with van der Waals surface area (Å²) in [5, 5.41) is 0.623. The highest BCUT2D eigenvalue weighted by Gasteiger charge is 2.23. The second-order valence-electron chi connectivity index (χ2n) is 7.40. The Labute approximate surface area is 168 Å². The molecular weight excluding hydrogens is 372 g/mol. The van der Waals surface area contributed by atoms with E-state index in [0.717, 1.165) is 0 Å². The number of hydrogen-bond acceptors (Lipinski definition) is 2. The predicted octanol–water partition coefficient (Wildman–Crippen LogP) is 6.63. The number of unbranched alkanes of at least 4 members (excludes halogenated alkanes) is 1. The lowest BCUT2D eigenvalue weighted by atomic mass is 9.93. The van der Waals surface area contributed by atoms with Crippen molar-refractivity contribution in [3.63, 3.8) is 0 Å². The van der Waals surface area contributed by atoms with Gasteiger partial charge in [0.1, 0.15) is 5.75 Å². The molecule has 3 rings (SSSR count). The number of ether oxygens (including phenoxy) is 1. The Morgan fingerprint density at radius 3 is 2.41 bits per heavy atom. The van der Waals surface area contributed by atoms with Gasteiger partial charge in [-0.3, -0.25) is 0 Å². The van der Waals surface area contributed by atoms with E-state index in [1.165, 1.54) is 49.4 Å². The summed E-state index contributed by atoms with van der Waals surface area (Å²) in [5.74, 6) is 0.824. The summed E-state index contributed by atoms with van der Waals surface area (Å²) in [5.41, 5.74) is 1.94. The second kappa shape index (κ2) is 9.91. The molecule has 1 heterocycles. The van der Waals surface area contributed by atoms with Gasteiger partial charge in [0.2, 0.25) is 0 Å². The van der Waals surface area contributed by atoms with Crippen molar-refractivity contribution in [3.8, 4) is 5.75 Å². The first-order valence-corrected chi connectivity index (χ1v) is 12.7.